The van der Waals surface area contributed by atoms with Gasteiger partial charge >= 0.3 is 0 Å². The van der Waals surface area contributed by atoms with Gasteiger partial charge in [0.2, 0.25) is 0 Å². The highest BCUT2D eigenvalue weighted by molar-refractivity contribution is 6.31. The number of benzene rings is 1. The number of nitrogens with one attached hydrogen (secondary N) is 1. The van der Waals surface area contributed by atoms with E-state index in [9.17, 15) is 0 Å². The van der Waals surface area contributed by atoms with E-state index in [1.807, 2.05) is 18.2 Å². The van der Waals surface area contributed by atoms with Crippen LogP contribution in [0.4, 0.5) is 0 Å². The third-order valence-corrected chi connectivity index (χ3v) is 3.43. The molecule has 1 saturated carbocycles. The molecule has 3 heteroatoms. The van der Waals surface area contributed by atoms with Crippen molar-refractivity contribution in [3.05, 3.63) is 34.9 Å². The Kier molecular flexibility index (Phi) is 3.29. The summed E-state index contributed by atoms with van der Waals surface area (Å²) in [4.78, 5) is 4.94. The second-order valence-electron chi connectivity index (χ2n) is 4.14. The van der Waals surface area contributed by atoms with Crippen molar-refractivity contribution in [2.75, 3.05) is 7.11 Å². The molecule has 0 bridgehead atoms. The first kappa shape index (κ1) is 10.9. The zero-order valence-corrected chi connectivity index (χ0v) is 9.79. The summed E-state index contributed by atoms with van der Waals surface area (Å²) in [5.74, 6) is 1.24. The lowest BCUT2D eigenvalue weighted by molar-refractivity contribution is 0.0591. The minimum Gasteiger partial charge on any atom is -0.305 e. The SMILES string of the molecule is CONC(C)[C@H]1C[C@@H]1c1ccccc1Cl. The first-order valence-electron chi connectivity index (χ1n) is 5.27. The lowest BCUT2D eigenvalue weighted by atomic mass is 10.1. The van der Waals surface area contributed by atoms with Gasteiger partial charge in [0, 0.05) is 11.1 Å². The molecular formula is C12H16ClNO. The van der Waals surface area contributed by atoms with Gasteiger partial charge in [-0.3, -0.25) is 0 Å². The molecule has 0 amide bonds. The minimum atomic E-state index is 0.385. The van der Waals surface area contributed by atoms with Crippen molar-refractivity contribution in [3.8, 4) is 0 Å². The molecule has 1 N–H and O–H groups in total. The standard InChI is InChI=1S/C12H16ClNO/c1-8(14-15-2)10-7-11(10)9-5-3-4-6-12(9)13/h3-6,8,10-11,14H,7H2,1-2H3/t8?,10-,11-/m1/s1. The van der Waals surface area contributed by atoms with E-state index in [0.717, 1.165) is 5.02 Å². The fourth-order valence-corrected chi connectivity index (χ4v) is 2.45. The van der Waals surface area contributed by atoms with Crippen molar-refractivity contribution in [3.63, 3.8) is 0 Å². The van der Waals surface area contributed by atoms with E-state index in [1.165, 1.54) is 12.0 Å². The summed E-state index contributed by atoms with van der Waals surface area (Å²) >= 11 is 6.15. The van der Waals surface area contributed by atoms with Gasteiger partial charge in [-0.2, -0.15) is 5.48 Å². The molecule has 0 aromatic heterocycles. The molecule has 0 heterocycles. The van der Waals surface area contributed by atoms with Crippen LogP contribution < -0.4 is 5.48 Å². The predicted octanol–water partition coefficient (Wildman–Crippen LogP) is 2.98. The Balaban J connectivity index is 2.02. The van der Waals surface area contributed by atoms with Gasteiger partial charge in [0.25, 0.3) is 0 Å². The zero-order chi connectivity index (χ0) is 10.8. The van der Waals surface area contributed by atoms with Gasteiger partial charge in [0.05, 0.1) is 7.11 Å². The van der Waals surface area contributed by atoms with E-state index in [4.69, 9.17) is 16.4 Å². The zero-order valence-electron chi connectivity index (χ0n) is 9.03. The first-order chi connectivity index (χ1) is 7.24. The van der Waals surface area contributed by atoms with E-state index in [0.29, 0.717) is 17.9 Å². The molecule has 0 aliphatic heterocycles. The Bertz CT molecular complexity index is 342. The monoisotopic (exact) mass is 225 g/mol. The lowest BCUT2D eigenvalue weighted by Gasteiger charge is -2.11. The molecule has 1 aliphatic rings. The molecule has 0 radical (unpaired) electrons. The molecule has 1 aromatic carbocycles. The average molecular weight is 226 g/mol. The maximum atomic E-state index is 6.15. The van der Waals surface area contributed by atoms with Gasteiger partial charge in [-0.05, 0) is 36.8 Å². The van der Waals surface area contributed by atoms with Gasteiger partial charge in [-0.1, -0.05) is 29.8 Å². The molecule has 2 nitrogen and oxygen atoms in total. The topological polar surface area (TPSA) is 21.3 Å². The maximum absolute atomic E-state index is 6.15. The largest absolute Gasteiger partial charge is 0.305 e. The van der Waals surface area contributed by atoms with Crippen LogP contribution in [0, 0.1) is 5.92 Å². The summed E-state index contributed by atoms with van der Waals surface area (Å²) in [5.41, 5.74) is 4.26. The summed E-state index contributed by atoms with van der Waals surface area (Å²) in [5, 5.41) is 0.884. The summed E-state index contributed by atoms with van der Waals surface area (Å²) in [6.07, 6.45) is 1.20. The van der Waals surface area contributed by atoms with Crippen LogP contribution in [0.15, 0.2) is 24.3 Å². The van der Waals surface area contributed by atoms with Gasteiger partial charge < -0.3 is 4.84 Å². The van der Waals surface area contributed by atoms with Crippen molar-refractivity contribution in [1.82, 2.24) is 5.48 Å². The average Bonchev–Trinajstić information content (AvgIpc) is 2.98. The van der Waals surface area contributed by atoms with E-state index < -0.39 is 0 Å². The summed E-state index contributed by atoms with van der Waals surface area (Å²) < 4.78 is 0. The number of hydrogen-bond acceptors (Lipinski definition) is 2. The highest BCUT2D eigenvalue weighted by atomic mass is 35.5. The smallest absolute Gasteiger partial charge is 0.0572 e. The van der Waals surface area contributed by atoms with Gasteiger partial charge in [0.15, 0.2) is 0 Å². The van der Waals surface area contributed by atoms with Crippen LogP contribution in [-0.2, 0) is 4.84 Å². The third-order valence-electron chi connectivity index (χ3n) is 3.09. The van der Waals surface area contributed by atoms with Gasteiger partial charge in [0.1, 0.15) is 0 Å². The van der Waals surface area contributed by atoms with Crippen LogP contribution in [0.2, 0.25) is 5.02 Å². The van der Waals surface area contributed by atoms with Crippen LogP contribution in [0.5, 0.6) is 0 Å². The number of hydroxylamine groups is 1. The first-order valence-corrected chi connectivity index (χ1v) is 5.64. The molecule has 2 rings (SSSR count). The fourth-order valence-electron chi connectivity index (χ4n) is 2.17. The quantitative estimate of drug-likeness (QED) is 0.796. The Morgan fingerprint density at radius 2 is 2.20 bits per heavy atom. The lowest BCUT2D eigenvalue weighted by Crippen LogP contribution is -2.27. The molecule has 0 saturated heterocycles. The highest BCUT2D eigenvalue weighted by Crippen LogP contribution is 2.51. The number of halogens is 1. The Morgan fingerprint density at radius 3 is 2.87 bits per heavy atom. The molecule has 0 spiro atoms. The van der Waals surface area contributed by atoms with Crippen molar-refractivity contribution in [2.45, 2.75) is 25.3 Å². The van der Waals surface area contributed by atoms with Crippen molar-refractivity contribution in [1.29, 1.82) is 0 Å². The second-order valence-corrected chi connectivity index (χ2v) is 4.55. The van der Waals surface area contributed by atoms with E-state index >= 15 is 0 Å². The molecule has 1 unspecified atom stereocenters. The van der Waals surface area contributed by atoms with Crippen LogP contribution in [0.25, 0.3) is 0 Å². The van der Waals surface area contributed by atoms with E-state index in [1.54, 1.807) is 7.11 Å². The normalized spacial score (nSPS) is 26.3. The van der Waals surface area contributed by atoms with E-state index in [2.05, 4.69) is 18.5 Å². The molecule has 3 atom stereocenters. The number of rotatable bonds is 4. The predicted molar refractivity (Wildman–Crippen MR) is 61.9 cm³/mol. The van der Waals surface area contributed by atoms with Crippen LogP contribution in [0.3, 0.4) is 0 Å². The third kappa shape index (κ3) is 2.33. The minimum absolute atomic E-state index is 0.385. The Hall–Kier alpha value is -0.570. The van der Waals surface area contributed by atoms with Gasteiger partial charge in [-0.15, -0.1) is 0 Å². The molecule has 1 aliphatic carbocycles. The van der Waals surface area contributed by atoms with Crippen LogP contribution >= 0.6 is 11.6 Å². The van der Waals surface area contributed by atoms with Crippen LogP contribution in [-0.4, -0.2) is 13.2 Å². The maximum Gasteiger partial charge on any atom is 0.0572 e. The molecule has 15 heavy (non-hydrogen) atoms. The summed E-state index contributed by atoms with van der Waals surface area (Å²) in [6, 6.07) is 8.48. The Labute approximate surface area is 95.5 Å². The summed E-state index contributed by atoms with van der Waals surface area (Å²) in [6.45, 7) is 2.14. The fraction of sp³-hybridized carbons (Fsp3) is 0.500. The Morgan fingerprint density at radius 1 is 1.47 bits per heavy atom. The van der Waals surface area contributed by atoms with Crippen LogP contribution in [0.1, 0.15) is 24.8 Å². The molecular weight excluding hydrogens is 210 g/mol. The van der Waals surface area contributed by atoms with Crippen molar-refractivity contribution in [2.24, 2.45) is 5.92 Å². The van der Waals surface area contributed by atoms with Crippen molar-refractivity contribution < 1.29 is 4.84 Å². The second kappa shape index (κ2) is 4.52. The molecule has 82 valence electrons. The van der Waals surface area contributed by atoms with Gasteiger partial charge in [-0.25, -0.2) is 0 Å². The number of hydrogen-bond donors (Lipinski definition) is 1. The molecule has 1 fully saturated rings. The highest BCUT2D eigenvalue weighted by Gasteiger charge is 2.42. The summed E-state index contributed by atoms with van der Waals surface area (Å²) in [7, 11) is 1.66. The van der Waals surface area contributed by atoms with Crippen molar-refractivity contribution >= 4 is 11.6 Å². The molecule has 1 aromatic rings. The van der Waals surface area contributed by atoms with E-state index in [-0.39, 0.29) is 0 Å².